The molecular formula is C14H23NO2. The Hall–Kier alpha value is -1.06. The Balaban J connectivity index is 2.60. The van der Waals surface area contributed by atoms with Gasteiger partial charge < -0.3 is 15.2 Å². The van der Waals surface area contributed by atoms with Gasteiger partial charge in [0.15, 0.2) is 0 Å². The minimum Gasteiger partial charge on any atom is -0.497 e. The molecule has 0 heterocycles. The van der Waals surface area contributed by atoms with Crippen molar-refractivity contribution in [2.75, 3.05) is 20.3 Å². The predicted octanol–water partition coefficient (Wildman–Crippen LogP) is 2.36. The van der Waals surface area contributed by atoms with Gasteiger partial charge in [0.25, 0.3) is 0 Å². The predicted molar refractivity (Wildman–Crippen MR) is 70.3 cm³/mol. The molecule has 0 saturated heterocycles. The molecule has 17 heavy (non-hydrogen) atoms. The molecule has 0 radical (unpaired) electrons. The monoisotopic (exact) mass is 237 g/mol. The Morgan fingerprint density at radius 2 is 2.12 bits per heavy atom. The number of methoxy groups -OCH3 is 1. The lowest BCUT2D eigenvalue weighted by molar-refractivity contribution is 0.154. The zero-order valence-electron chi connectivity index (χ0n) is 11.2. The summed E-state index contributed by atoms with van der Waals surface area (Å²) < 4.78 is 5.20. The van der Waals surface area contributed by atoms with Crippen LogP contribution in [0.1, 0.15) is 32.4 Å². The van der Waals surface area contributed by atoms with Crippen molar-refractivity contribution in [3.05, 3.63) is 29.8 Å². The van der Waals surface area contributed by atoms with Gasteiger partial charge in [-0.3, -0.25) is 0 Å². The molecule has 96 valence electrons. The summed E-state index contributed by atoms with van der Waals surface area (Å²) in [6.07, 6.45) is 0. The standard InChI is InChI=1S/C14H23NO2/c1-11(15-9-14(2,3)10-16)12-6-5-7-13(8-12)17-4/h5-8,11,15-16H,9-10H2,1-4H3. The number of rotatable bonds is 6. The minimum atomic E-state index is -0.0902. The van der Waals surface area contributed by atoms with Crippen molar-refractivity contribution >= 4 is 0 Å². The highest BCUT2D eigenvalue weighted by Gasteiger charge is 2.17. The van der Waals surface area contributed by atoms with Crippen molar-refractivity contribution < 1.29 is 9.84 Å². The lowest BCUT2D eigenvalue weighted by atomic mass is 9.94. The summed E-state index contributed by atoms with van der Waals surface area (Å²) >= 11 is 0. The lowest BCUT2D eigenvalue weighted by Gasteiger charge is -2.25. The zero-order chi connectivity index (χ0) is 12.9. The van der Waals surface area contributed by atoms with Crippen LogP contribution in [0.5, 0.6) is 5.75 Å². The number of benzene rings is 1. The molecule has 0 aliphatic rings. The van der Waals surface area contributed by atoms with Crippen LogP contribution in [0.3, 0.4) is 0 Å². The lowest BCUT2D eigenvalue weighted by Crippen LogP contribution is -2.33. The fourth-order valence-electron chi connectivity index (χ4n) is 1.51. The van der Waals surface area contributed by atoms with Crippen molar-refractivity contribution in [3.63, 3.8) is 0 Å². The fraction of sp³-hybridized carbons (Fsp3) is 0.571. The zero-order valence-corrected chi connectivity index (χ0v) is 11.2. The number of aliphatic hydroxyl groups excluding tert-OH is 1. The normalized spacial score (nSPS) is 13.5. The molecule has 0 saturated carbocycles. The third kappa shape index (κ3) is 4.36. The van der Waals surface area contributed by atoms with Gasteiger partial charge >= 0.3 is 0 Å². The summed E-state index contributed by atoms with van der Waals surface area (Å²) in [5.74, 6) is 0.873. The Kier molecular flexibility index (Phi) is 4.97. The van der Waals surface area contributed by atoms with E-state index < -0.39 is 0 Å². The van der Waals surface area contributed by atoms with Crippen molar-refractivity contribution in [2.24, 2.45) is 5.41 Å². The molecule has 0 aromatic heterocycles. The highest BCUT2D eigenvalue weighted by atomic mass is 16.5. The van der Waals surface area contributed by atoms with Crippen LogP contribution < -0.4 is 10.1 Å². The largest absolute Gasteiger partial charge is 0.497 e. The second-order valence-corrected chi connectivity index (χ2v) is 5.20. The van der Waals surface area contributed by atoms with Crippen LogP contribution in [0.15, 0.2) is 24.3 Å². The highest BCUT2D eigenvalue weighted by Crippen LogP contribution is 2.20. The molecule has 0 amide bonds. The van der Waals surface area contributed by atoms with Gasteiger partial charge in [0.2, 0.25) is 0 Å². The number of hydrogen-bond acceptors (Lipinski definition) is 3. The second-order valence-electron chi connectivity index (χ2n) is 5.20. The van der Waals surface area contributed by atoms with E-state index in [1.807, 2.05) is 32.0 Å². The maximum absolute atomic E-state index is 9.20. The Morgan fingerprint density at radius 3 is 2.71 bits per heavy atom. The molecule has 0 aliphatic heterocycles. The summed E-state index contributed by atoms with van der Waals surface area (Å²) in [7, 11) is 1.67. The third-order valence-electron chi connectivity index (χ3n) is 2.91. The number of ether oxygens (including phenoxy) is 1. The van der Waals surface area contributed by atoms with Gasteiger partial charge in [-0.05, 0) is 24.6 Å². The molecular weight excluding hydrogens is 214 g/mol. The first-order valence-corrected chi connectivity index (χ1v) is 5.97. The summed E-state index contributed by atoms with van der Waals surface area (Å²) in [5, 5.41) is 12.6. The molecule has 0 bridgehead atoms. The molecule has 0 aliphatic carbocycles. The van der Waals surface area contributed by atoms with Crippen molar-refractivity contribution in [1.29, 1.82) is 0 Å². The molecule has 0 spiro atoms. The minimum absolute atomic E-state index is 0.0902. The molecule has 0 fully saturated rings. The quantitative estimate of drug-likeness (QED) is 0.798. The van der Waals surface area contributed by atoms with Crippen LogP contribution in [0.4, 0.5) is 0 Å². The first kappa shape index (κ1) is 14.0. The molecule has 2 N–H and O–H groups in total. The molecule has 1 unspecified atom stereocenters. The average Bonchev–Trinajstić information content (AvgIpc) is 2.36. The average molecular weight is 237 g/mol. The van der Waals surface area contributed by atoms with Crippen LogP contribution in [0, 0.1) is 5.41 Å². The third-order valence-corrected chi connectivity index (χ3v) is 2.91. The number of nitrogens with one attached hydrogen (secondary N) is 1. The summed E-state index contributed by atoms with van der Waals surface area (Å²) in [6.45, 7) is 7.16. The number of hydrogen-bond donors (Lipinski definition) is 2. The van der Waals surface area contributed by atoms with Crippen LogP contribution >= 0.6 is 0 Å². The first-order chi connectivity index (χ1) is 7.98. The van der Waals surface area contributed by atoms with E-state index >= 15 is 0 Å². The molecule has 1 aromatic carbocycles. The fourth-order valence-corrected chi connectivity index (χ4v) is 1.51. The first-order valence-electron chi connectivity index (χ1n) is 5.97. The van der Waals surface area contributed by atoms with E-state index in [1.54, 1.807) is 7.11 Å². The Bertz CT molecular complexity index is 350. The van der Waals surface area contributed by atoms with E-state index in [1.165, 1.54) is 5.56 Å². The van der Waals surface area contributed by atoms with Crippen molar-refractivity contribution in [2.45, 2.75) is 26.8 Å². The van der Waals surface area contributed by atoms with E-state index in [2.05, 4.69) is 18.3 Å². The van der Waals surface area contributed by atoms with Crippen molar-refractivity contribution in [1.82, 2.24) is 5.32 Å². The topological polar surface area (TPSA) is 41.5 Å². The molecule has 1 atom stereocenters. The van der Waals surface area contributed by atoms with Crippen LogP contribution in [0.2, 0.25) is 0 Å². The van der Waals surface area contributed by atoms with Crippen LogP contribution in [-0.2, 0) is 0 Å². The van der Waals surface area contributed by atoms with E-state index in [0.717, 1.165) is 12.3 Å². The van der Waals surface area contributed by atoms with E-state index in [9.17, 15) is 5.11 Å². The molecule has 1 aromatic rings. The number of aliphatic hydroxyl groups is 1. The molecule has 3 nitrogen and oxygen atoms in total. The van der Waals surface area contributed by atoms with Crippen molar-refractivity contribution in [3.8, 4) is 5.75 Å². The SMILES string of the molecule is COc1cccc(C(C)NCC(C)(C)CO)c1. The van der Waals surface area contributed by atoms with Gasteiger partial charge in [0.05, 0.1) is 7.11 Å². The van der Waals surface area contributed by atoms with Crippen LogP contribution in [-0.4, -0.2) is 25.4 Å². The molecule has 1 rings (SSSR count). The van der Waals surface area contributed by atoms with Gasteiger partial charge in [-0.1, -0.05) is 26.0 Å². The van der Waals surface area contributed by atoms with E-state index in [0.29, 0.717) is 0 Å². The maximum atomic E-state index is 9.20. The Morgan fingerprint density at radius 1 is 1.41 bits per heavy atom. The molecule has 3 heteroatoms. The maximum Gasteiger partial charge on any atom is 0.119 e. The van der Waals surface area contributed by atoms with Gasteiger partial charge in [-0.15, -0.1) is 0 Å². The smallest absolute Gasteiger partial charge is 0.119 e. The second kappa shape index (κ2) is 6.03. The van der Waals surface area contributed by atoms with E-state index in [-0.39, 0.29) is 18.1 Å². The van der Waals surface area contributed by atoms with Gasteiger partial charge in [-0.25, -0.2) is 0 Å². The Labute approximate surface area is 104 Å². The van der Waals surface area contributed by atoms with Gasteiger partial charge in [0.1, 0.15) is 5.75 Å². The highest BCUT2D eigenvalue weighted by molar-refractivity contribution is 5.30. The van der Waals surface area contributed by atoms with Crippen LogP contribution in [0.25, 0.3) is 0 Å². The van der Waals surface area contributed by atoms with Gasteiger partial charge in [-0.2, -0.15) is 0 Å². The summed E-state index contributed by atoms with van der Waals surface area (Å²) in [4.78, 5) is 0. The van der Waals surface area contributed by atoms with Gasteiger partial charge in [0, 0.05) is 24.6 Å². The van der Waals surface area contributed by atoms with E-state index in [4.69, 9.17) is 4.74 Å². The summed E-state index contributed by atoms with van der Waals surface area (Å²) in [6, 6.07) is 8.28. The summed E-state index contributed by atoms with van der Waals surface area (Å²) in [5.41, 5.74) is 1.10.